The zero-order valence-electron chi connectivity index (χ0n) is 18.7. The van der Waals surface area contributed by atoms with Crippen molar-refractivity contribution >= 4 is 23.8 Å². The maximum atomic E-state index is 13.1. The van der Waals surface area contributed by atoms with Gasteiger partial charge in [-0.2, -0.15) is 0 Å². The van der Waals surface area contributed by atoms with Crippen LogP contribution in [0.15, 0.2) is 36.4 Å². The Hall–Kier alpha value is -2.67. The second-order valence-electron chi connectivity index (χ2n) is 8.90. The van der Waals surface area contributed by atoms with Gasteiger partial charge in [0.25, 0.3) is 0 Å². The zero-order valence-corrected chi connectivity index (χ0v) is 18.7. The number of carbonyl (C=O) groups excluding carboxylic acids is 3. The second-order valence-corrected chi connectivity index (χ2v) is 8.90. The minimum atomic E-state index is -0.101. The monoisotopic (exact) mass is 439 g/mol. The lowest BCUT2D eigenvalue weighted by Gasteiger charge is -2.39. The van der Waals surface area contributed by atoms with Crippen LogP contribution in [0, 0.1) is 11.8 Å². The molecule has 32 heavy (non-hydrogen) atoms. The van der Waals surface area contributed by atoms with Crippen molar-refractivity contribution in [2.75, 3.05) is 52.5 Å². The van der Waals surface area contributed by atoms with Crippen molar-refractivity contribution in [3.63, 3.8) is 0 Å². The smallest absolute Gasteiger partial charge is 0.246 e. The predicted molar refractivity (Wildman–Crippen MR) is 121 cm³/mol. The number of nitrogens with zero attached hydrogens (tertiary/aromatic N) is 3. The molecule has 172 valence electrons. The molecule has 3 aliphatic heterocycles. The van der Waals surface area contributed by atoms with Gasteiger partial charge in [0, 0.05) is 51.3 Å². The maximum Gasteiger partial charge on any atom is 0.246 e. The number of likely N-dealkylation sites (tertiary alicyclic amines) is 2. The van der Waals surface area contributed by atoms with Crippen molar-refractivity contribution in [2.24, 2.45) is 11.8 Å². The van der Waals surface area contributed by atoms with Crippen molar-refractivity contribution in [3.05, 3.63) is 42.0 Å². The van der Waals surface area contributed by atoms with Crippen LogP contribution in [0.3, 0.4) is 0 Å². The summed E-state index contributed by atoms with van der Waals surface area (Å²) >= 11 is 0. The van der Waals surface area contributed by atoms with E-state index in [1.807, 2.05) is 51.1 Å². The highest BCUT2D eigenvalue weighted by Gasteiger charge is 2.35. The highest BCUT2D eigenvalue weighted by Crippen LogP contribution is 2.25. The molecule has 0 spiro atoms. The fourth-order valence-corrected chi connectivity index (χ4v) is 4.86. The van der Waals surface area contributed by atoms with Crippen LogP contribution in [-0.2, 0) is 19.1 Å². The van der Waals surface area contributed by atoms with Gasteiger partial charge in [-0.1, -0.05) is 30.3 Å². The second kappa shape index (κ2) is 10.8. The summed E-state index contributed by atoms with van der Waals surface area (Å²) in [4.78, 5) is 44.1. The van der Waals surface area contributed by atoms with Gasteiger partial charge in [-0.3, -0.25) is 14.4 Å². The summed E-state index contributed by atoms with van der Waals surface area (Å²) in [7, 11) is 0. The van der Waals surface area contributed by atoms with E-state index in [1.54, 1.807) is 6.08 Å². The summed E-state index contributed by atoms with van der Waals surface area (Å²) in [5.41, 5.74) is 0.997. The van der Waals surface area contributed by atoms with Crippen LogP contribution >= 0.6 is 0 Å². The van der Waals surface area contributed by atoms with E-state index >= 15 is 0 Å². The molecule has 0 radical (unpaired) electrons. The number of ether oxygens (including phenoxy) is 1. The van der Waals surface area contributed by atoms with E-state index in [-0.39, 0.29) is 29.6 Å². The largest absolute Gasteiger partial charge is 0.378 e. The van der Waals surface area contributed by atoms with Crippen molar-refractivity contribution in [1.82, 2.24) is 14.7 Å². The topological polar surface area (TPSA) is 70.2 Å². The normalized spacial score (nSPS) is 22.9. The van der Waals surface area contributed by atoms with E-state index in [1.165, 1.54) is 0 Å². The number of hydrogen-bond acceptors (Lipinski definition) is 4. The van der Waals surface area contributed by atoms with Gasteiger partial charge >= 0.3 is 0 Å². The highest BCUT2D eigenvalue weighted by atomic mass is 16.5. The van der Waals surface area contributed by atoms with Crippen LogP contribution in [-0.4, -0.2) is 84.9 Å². The summed E-state index contributed by atoms with van der Waals surface area (Å²) in [5.74, 6) is 0.145. The van der Waals surface area contributed by atoms with E-state index in [4.69, 9.17) is 4.74 Å². The predicted octanol–water partition coefficient (Wildman–Crippen LogP) is 2.04. The fourth-order valence-electron chi connectivity index (χ4n) is 4.86. The molecule has 1 aromatic rings. The van der Waals surface area contributed by atoms with Gasteiger partial charge in [0.1, 0.15) is 0 Å². The van der Waals surface area contributed by atoms with Crippen LogP contribution in [0.4, 0.5) is 0 Å². The van der Waals surface area contributed by atoms with Crippen LogP contribution in [0.5, 0.6) is 0 Å². The van der Waals surface area contributed by atoms with Crippen LogP contribution in [0.2, 0.25) is 0 Å². The maximum absolute atomic E-state index is 13.1. The molecule has 1 atom stereocenters. The molecule has 4 rings (SSSR count). The number of amides is 3. The molecule has 0 aliphatic carbocycles. The first-order valence-electron chi connectivity index (χ1n) is 11.8. The molecule has 0 N–H and O–H groups in total. The van der Waals surface area contributed by atoms with Crippen LogP contribution in [0.25, 0.3) is 6.08 Å². The summed E-state index contributed by atoms with van der Waals surface area (Å²) < 4.78 is 5.35. The molecule has 0 saturated carbocycles. The summed E-state index contributed by atoms with van der Waals surface area (Å²) in [6, 6.07) is 9.76. The van der Waals surface area contributed by atoms with Gasteiger partial charge in [-0.25, -0.2) is 0 Å². The number of benzene rings is 1. The van der Waals surface area contributed by atoms with E-state index in [9.17, 15) is 14.4 Å². The Morgan fingerprint density at radius 2 is 1.47 bits per heavy atom. The minimum absolute atomic E-state index is 0.00565. The van der Waals surface area contributed by atoms with E-state index in [2.05, 4.69) is 0 Å². The molecule has 1 unspecified atom stereocenters. The Morgan fingerprint density at radius 1 is 0.781 bits per heavy atom. The Balaban J connectivity index is 1.26. The van der Waals surface area contributed by atoms with Gasteiger partial charge in [-0.15, -0.1) is 0 Å². The fraction of sp³-hybridized carbons (Fsp3) is 0.560. The lowest BCUT2D eigenvalue weighted by molar-refractivity contribution is -0.146. The number of rotatable bonds is 4. The van der Waals surface area contributed by atoms with Gasteiger partial charge in [-0.05, 0) is 37.3 Å². The molecule has 3 heterocycles. The van der Waals surface area contributed by atoms with Crippen LogP contribution in [0.1, 0.15) is 31.2 Å². The van der Waals surface area contributed by atoms with E-state index in [0.29, 0.717) is 58.8 Å². The third-order valence-electron chi connectivity index (χ3n) is 6.78. The Kier molecular flexibility index (Phi) is 7.58. The van der Waals surface area contributed by atoms with Gasteiger partial charge in [0.15, 0.2) is 0 Å². The molecule has 3 saturated heterocycles. The van der Waals surface area contributed by atoms with Gasteiger partial charge in [0.05, 0.1) is 19.1 Å². The Morgan fingerprint density at radius 3 is 2.19 bits per heavy atom. The average Bonchev–Trinajstić information content (AvgIpc) is 2.87. The minimum Gasteiger partial charge on any atom is -0.378 e. The molecule has 7 heteroatoms. The molecule has 3 amide bonds. The number of carbonyl (C=O) groups is 3. The number of piperidine rings is 2. The van der Waals surface area contributed by atoms with Gasteiger partial charge in [0.2, 0.25) is 17.7 Å². The first kappa shape index (κ1) is 22.5. The van der Waals surface area contributed by atoms with Crippen LogP contribution < -0.4 is 0 Å². The van der Waals surface area contributed by atoms with Crippen molar-refractivity contribution < 1.29 is 19.1 Å². The standard InChI is InChI=1S/C25H33N3O4/c29-23(9-8-20-5-2-1-3-6-20)26-13-10-21(11-14-26)24(30)28-12-4-7-22(19-28)25(31)27-15-17-32-18-16-27/h1-3,5-6,8-9,21-22H,4,7,10-19H2/b9-8+. The molecule has 0 bridgehead atoms. The Bertz CT molecular complexity index is 827. The van der Waals surface area contributed by atoms with Gasteiger partial charge < -0.3 is 19.4 Å². The summed E-state index contributed by atoms with van der Waals surface area (Å²) in [6.07, 6.45) is 6.53. The average molecular weight is 440 g/mol. The first-order valence-corrected chi connectivity index (χ1v) is 11.8. The van der Waals surface area contributed by atoms with Crippen molar-refractivity contribution in [3.8, 4) is 0 Å². The molecular formula is C25H33N3O4. The molecule has 3 fully saturated rings. The van der Waals surface area contributed by atoms with E-state index < -0.39 is 0 Å². The van der Waals surface area contributed by atoms with Crippen molar-refractivity contribution in [2.45, 2.75) is 25.7 Å². The third kappa shape index (κ3) is 5.57. The lowest BCUT2D eigenvalue weighted by atomic mass is 9.91. The quantitative estimate of drug-likeness (QED) is 0.674. The SMILES string of the molecule is O=C(/C=C/c1ccccc1)N1CCC(C(=O)N2CCCC(C(=O)N3CCOCC3)C2)CC1. The molecule has 0 aromatic heterocycles. The number of hydrogen-bond donors (Lipinski definition) is 0. The van der Waals surface area contributed by atoms with Crippen molar-refractivity contribution in [1.29, 1.82) is 0 Å². The number of morpholine rings is 1. The first-order chi connectivity index (χ1) is 15.6. The lowest BCUT2D eigenvalue weighted by Crippen LogP contribution is -2.51. The molecule has 1 aromatic carbocycles. The summed E-state index contributed by atoms with van der Waals surface area (Å²) in [6.45, 7) is 4.93. The third-order valence-corrected chi connectivity index (χ3v) is 6.78. The van der Waals surface area contributed by atoms with E-state index in [0.717, 1.165) is 24.9 Å². The zero-order chi connectivity index (χ0) is 22.3. The highest BCUT2D eigenvalue weighted by molar-refractivity contribution is 5.92. The molecule has 3 aliphatic rings. The summed E-state index contributed by atoms with van der Waals surface area (Å²) in [5, 5.41) is 0. The Labute approximate surface area is 190 Å². The molecular weight excluding hydrogens is 406 g/mol. The molecule has 7 nitrogen and oxygen atoms in total.